The average molecular weight is 509 g/mol. The van der Waals surface area contributed by atoms with Gasteiger partial charge in [0.05, 0.1) is 24.4 Å². The van der Waals surface area contributed by atoms with E-state index in [9.17, 15) is 19.8 Å². The average Bonchev–Trinajstić information content (AvgIpc) is 2.81. The van der Waals surface area contributed by atoms with Crippen molar-refractivity contribution in [2.24, 2.45) is 5.92 Å². The second-order valence-electron chi connectivity index (χ2n) is 9.94. The van der Waals surface area contributed by atoms with Crippen molar-refractivity contribution in [2.75, 3.05) is 20.6 Å². The number of nitrogens with one attached hydrogen (secondary N) is 1. The molecule has 0 bridgehead atoms. The van der Waals surface area contributed by atoms with Crippen LogP contribution in [0.4, 0.5) is 0 Å². The molecule has 2 fully saturated rings. The van der Waals surface area contributed by atoms with Crippen LogP contribution in [0, 0.1) is 5.92 Å². The Morgan fingerprint density at radius 1 is 1.25 bits per heavy atom. The molecule has 9 atom stereocenters. The quantitative estimate of drug-likeness (QED) is 0.230. The van der Waals surface area contributed by atoms with Gasteiger partial charge in [-0.1, -0.05) is 19.1 Å². The lowest BCUT2D eigenvalue weighted by Crippen LogP contribution is -2.62. The normalized spacial score (nSPS) is 34.1. The minimum absolute atomic E-state index is 0.164. The molecule has 1 aromatic rings. The summed E-state index contributed by atoms with van der Waals surface area (Å²) in [6, 6.07) is 1.48. The van der Waals surface area contributed by atoms with E-state index in [1.54, 1.807) is 6.20 Å². The van der Waals surface area contributed by atoms with Crippen LogP contribution in [0.1, 0.15) is 45.5 Å². The van der Waals surface area contributed by atoms with Crippen LogP contribution >= 0.6 is 0 Å². The maximum Gasteiger partial charge on any atom is 0.349 e. The minimum atomic E-state index is -1.18. The van der Waals surface area contributed by atoms with Crippen LogP contribution in [0.5, 0.6) is 0 Å². The molecule has 2 aliphatic heterocycles. The van der Waals surface area contributed by atoms with Gasteiger partial charge in [0.2, 0.25) is 6.41 Å². The monoisotopic (exact) mass is 508 g/mol. The van der Waals surface area contributed by atoms with Crippen molar-refractivity contribution in [3.05, 3.63) is 40.6 Å². The van der Waals surface area contributed by atoms with Crippen LogP contribution in [0.15, 0.2) is 29.2 Å². The van der Waals surface area contributed by atoms with E-state index in [0.29, 0.717) is 37.9 Å². The molecule has 3 heterocycles. The van der Waals surface area contributed by atoms with E-state index in [4.69, 9.17) is 14.2 Å². The molecule has 0 radical (unpaired) electrons. The Hall–Kier alpha value is -2.15. The molecule has 11 heteroatoms. The van der Waals surface area contributed by atoms with Crippen LogP contribution in [0.2, 0.25) is 0 Å². The summed E-state index contributed by atoms with van der Waals surface area (Å²) >= 11 is 0. The number of aliphatic hydroxyl groups is 2. The largest absolute Gasteiger partial charge is 0.388 e. The molecule has 9 unspecified atom stereocenters. The Bertz CT molecular complexity index is 939. The first-order valence-corrected chi connectivity index (χ1v) is 12.5. The van der Waals surface area contributed by atoms with Crippen molar-refractivity contribution in [2.45, 2.75) is 89.1 Å². The smallest absolute Gasteiger partial charge is 0.349 e. The van der Waals surface area contributed by atoms with Gasteiger partial charge in [-0.05, 0) is 59.2 Å². The number of carbonyl (C=O) groups excluding carboxylic acids is 1. The minimum Gasteiger partial charge on any atom is -0.388 e. The number of aromatic nitrogens is 2. The number of amides is 1. The van der Waals surface area contributed by atoms with Crippen molar-refractivity contribution in [1.29, 1.82) is 0 Å². The highest BCUT2D eigenvalue weighted by atomic mass is 16.7. The van der Waals surface area contributed by atoms with E-state index < -0.39 is 24.7 Å². The Balaban J connectivity index is 1.56. The van der Waals surface area contributed by atoms with E-state index in [1.165, 1.54) is 4.57 Å². The molecule has 2 aliphatic rings. The molecule has 1 aromatic heterocycles. The zero-order valence-electron chi connectivity index (χ0n) is 21.7. The summed E-state index contributed by atoms with van der Waals surface area (Å²) in [6.07, 6.45) is 3.25. The highest BCUT2D eigenvalue weighted by Gasteiger charge is 2.46. The van der Waals surface area contributed by atoms with E-state index in [0.717, 1.165) is 0 Å². The molecular weight excluding hydrogens is 468 g/mol. The fourth-order valence-corrected chi connectivity index (χ4v) is 4.95. The van der Waals surface area contributed by atoms with Gasteiger partial charge in [-0.2, -0.15) is 4.98 Å². The Labute approximate surface area is 212 Å². The summed E-state index contributed by atoms with van der Waals surface area (Å²) in [6.45, 7) is 6.18. The summed E-state index contributed by atoms with van der Waals surface area (Å²) < 4.78 is 19.5. The number of aliphatic hydroxyl groups excluding tert-OH is 2. The van der Waals surface area contributed by atoms with Gasteiger partial charge >= 0.3 is 5.69 Å². The van der Waals surface area contributed by atoms with E-state index >= 15 is 0 Å². The first-order chi connectivity index (χ1) is 17.1. The molecule has 3 N–H and O–H groups in total. The summed E-state index contributed by atoms with van der Waals surface area (Å²) in [5.41, 5.74) is 0.314. The lowest BCUT2D eigenvalue weighted by atomic mass is 9.96. The van der Waals surface area contributed by atoms with Gasteiger partial charge in [0, 0.05) is 18.4 Å². The third-order valence-electron chi connectivity index (χ3n) is 6.82. The molecule has 1 amide bonds. The van der Waals surface area contributed by atoms with Crippen molar-refractivity contribution >= 4 is 6.41 Å². The standard InChI is InChI=1S/C25H40N4O7/c1-15(7-6-11-26-14-30)13-18-10-12-29(25(33)27-18)20-9-8-19(16(2)34-20)36-24-23(32)22(31)21(28(4)5)17(3)35-24/h6-7,10,12,14-17,19-24,31-32H,8-9,11,13H2,1-5H3,(H,26,30)/b7-6+. The topological polar surface area (TPSA) is 135 Å². The second kappa shape index (κ2) is 12.9. The predicted molar refractivity (Wildman–Crippen MR) is 132 cm³/mol. The van der Waals surface area contributed by atoms with Gasteiger partial charge in [0.15, 0.2) is 6.29 Å². The number of carbonyl (C=O) groups is 1. The number of likely N-dealkylation sites (N-methyl/N-ethyl adjacent to an activating group) is 1. The molecule has 0 saturated carbocycles. The lowest BCUT2D eigenvalue weighted by molar-refractivity contribution is -0.310. The van der Waals surface area contributed by atoms with Crippen molar-refractivity contribution in [3.63, 3.8) is 0 Å². The summed E-state index contributed by atoms with van der Waals surface area (Å²) in [7, 11) is 3.66. The number of hydrogen-bond acceptors (Lipinski definition) is 9. The molecule has 0 aromatic carbocycles. The highest BCUT2D eigenvalue weighted by Crippen LogP contribution is 2.32. The zero-order chi connectivity index (χ0) is 26.4. The van der Waals surface area contributed by atoms with E-state index in [2.05, 4.69) is 10.3 Å². The van der Waals surface area contributed by atoms with Crippen molar-refractivity contribution in [1.82, 2.24) is 19.8 Å². The fraction of sp³-hybridized carbons (Fsp3) is 0.720. The molecule has 0 spiro atoms. The lowest BCUT2D eigenvalue weighted by Gasteiger charge is -2.46. The Kier molecular flexibility index (Phi) is 10.2. The molecule has 2 saturated heterocycles. The summed E-state index contributed by atoms with van der Waals surface area (Å²) in [5, 5.41) is 23.7. The van der Waals surface area contributed by atoms with E-state index in [1.807, 2.05) is 58.0 Å². The van der Waals surface area contributed by atoms with Crippen molar-refractivity contribution in [3.8, 4) is 0 Å². The third kappa shape index (κ3) is 6.99. The molecule has 202 valence electrons. The molecule has 36 heavy (non-hydrogen) atoms. The zero-order valence-corrected chi connectivity index (χ0v) is 21.7. The molecular formula is C25H40N4O7. The van der Waals surface area contributed by atoms with Gasteiger partial charge in [0.1, 0.15) is 18.4 Å². The number of allylic oxidation sites excluding steroid dienone is 1. The molecule has 11 nitrogen and oxygen atoms in total. The number of rotatable bonds is 10. The van der Waals surface area contributed by atoms with Crippen LogP contribution in [0.3, 0.4) is 0 Å². The molecule has 3 rings (SSSR count). The number of hydrogen-bond donors (Lipinski definition) is 3. The van der Waals surface area contributed by atoms with Crippen LogP contribution in [0.25, 0.3) is 0 Å². The maximum atomic E-state index is 12.7. The van der Waals surface area contributed by atoms with Gasteiger partial charge in [0.25, 0.3) is 0 Å². The summed E-state index contributed by atoms with van der Waals surface area (Å²) in [5.74, 6) is 0.164. The second-order valence-corrected chi connectivity index (χ2v) is 9.94. The van der Waals surface area contributed by atoms with Crippen LogP contribution in [-0.4, -0.2) is 94.6 Å². The predicted octanol–water partition coefficient (Wildman–Crippen LogP) is 0.204. The highest BCUT2D eigenvalue weighted by molar-refractivity contribution is 5.46. The Morgan fingerprint density at radius 3 is 2.64 bits per heavy atom. The Morgan fingerprint density at radius 2 is 2.00 bits per heavy atom. The number of nitrogens with zero attached hydrogens (tertiary/aromatic N) is 3. The maximum absolute atomic E-state index is 12.7. The first kappa shape index (κ1) is 28.4. The first-order valence-electron chi connectivity index (χ1n) is 12.5. The van der Waals surface area contributed by atoms with Gasteiger partial charge < -0.3 is 34.6 Å². The molecule has 0 aliphatic carbocycles. The van der Waals surface area contributed by atoms with Gasteiger partial charge in [-0.3, -0.25) is 9.36 Å². The van der Waals surface area contributed by atoms with Gasteiger partial charge in [-0.25, -0.2) is 4.79 Å². The van der Waals surface area contributed by atoms with Crippen LogP contribution < -0.4 is 11.0 Å². The fourth-order valence-electron chi connectivity index (χ4n) is 4.95. The number of ether oxygens (including phenoxy) is 3. The SMILES string of the molecule is CC(/C=C/CNC=O)Cc1ccn(C2CCC(OC3OC(C)C(N(C)C)C(O)C3O)C(C)O2)c(=O)n1. The van der Waals surface area contributed by atoms with E-state index in [-0.39, 0.29) is 36.0 Å². The van der Waals surface area contributed by atoms with Crippen LogP contribution in [-0.2, 0) is 25.4 Å². The third-order valence-corrected chi connectivity index (χ3v) is 6.82. The summed E-state index contributed by atoms with van der Waals surface area (Å²) in [4.78, 5) is 29.1. The van der Waals surface area contributed by atoms with Crippen molar-refractivity contribution < 1.29 is 29.2 Å². The van der Waals surface area contributed by atoms with Gasteiger partial charge in [-0.15, -0.1) is 0 Å².